The Morgan fingerprint density at radius 3 is 2.70 bits per heavy atom. The molecule has 0 atom stereocenters. The molecule has 20 heavy (non-hydrogen) atoms. The van der Waals surface area contributed by atoms with Gasteiger partial charge in [-0.3, -0.25) is 10.1 Å². The summed E-state index contributed by atoms with van der Waals surface area (Å²) in [6.07, 6.45) is 4.28. The van der Waals surface area contributed by atoms with Gasteiger partial charge in [0.2, 0.25) is 0 Å². The highest BCUT2D eigenvalue weighted by Crippen LogP contribution is 2.32. The lowest BCUT2D eigenvalue weighted by Crippen LogP contribution is -2.37. The van der Waals surface area contributed by atoms with Crippen molar-refractivity contribution in [3.05, 3.63) is 33.9 Å². The topological polar surface area (TPSA) is 96.4 Å². The van der Waals surface area contributed by atoms with Crippen molar-refractivity contribution < 1.29 is 14.8 Å². The number of nitrogens with zero attached hydrogens (tertiary/aromatic N) is 2. The Labute approximate surface area is 116 Å². The second-order valence-electron chi connectivity index (χ2n) is 5.13. The van der Waals surface area contributed by atoms with Gasteiger partial charge in [0.15, 0.2) is 5.75 Å². The van der Waals surface area contributed by atoms with E-state index in [1.807, 2.05) is 6.07 Å². The first-order chi connectivity index (χ1) is 9.54. The van der Waals surface area contributed by atoms with Gasteiger partial charge in [0.05, 0.1) is 22.2 Å². The molecule has 0 aliphatic heterocycles. The van der Waals surface area contributed by atoms with E-state index in [9.17, 15) is 15.2 Å². The number of hydrogen-bond acceptors (Lipinski definition) is 5. The summed E-state index contributed by atoms with van der Waals surface area (Å²) in [6.45, 7) is 0.0414. The fraction of sp³-hybridized carbons (Fsp3) is 0.500. The molecule has 1 saturated carbocycles. The van der Waals surface area contributed by atoms with E-state index in [2.05, 4.69) is 0 Å². The van der Waals surface area contributed by atoms with Crippen LogP contribution in [-0.4, -0.2) is 22.2 Å². The van der Waals surface area contributed by atoms with Gasteiger partial charge in [-0.1, -0.05) is 19.3 Å². The van der Waals surface area contributed by atoms with Gasteiger partial charge < -0.3 is 9.84 Å². The Hall–Kier alpha value is -2.13. The number of hydrogen-bond donors (Lipinski definition) is 1. The molecule has 0 saturated heterocycles. The zero-order valence-corrected chi connectivity index (χ0v) is 11.0. The van der Waals surface area contributed by atoms with Gasteiger partial charge in [0, 0.05) is 6.07 Å². The molecule has 0 heterocycles. The quantitative estimate of drug-likeness (QED) is 0.673. The SMILES string of the molecule is N#Cc1ccc(OCC2(O)CCCCC2)c([N+](=O)[O-])c1. The van der Waals surface area contributed by atoms with Crippen LogP contribution in [-0.2, 0) is 0 Å². The molecule has 6 heteroatoms. The first-order valence-electron chi connectivity index (χ1n) is 6.58. The fourth-order valence-corrected chi connectivity index (χ4v) is 2.42. The van der Waals surface area contributed by atoms with Crippen molar-refractivity contribution in [2.45, 2.75) is 37.7 Å². The van der Waals surface area contributed by atoms with E-state index in [1.165, 1.54) is 18.2 Å². The second kappa shape index (κ2) is 5.88. The first-order valence-corrected chi connectivity index (χ1v) is 6.58. The van der Waals surface area contributed by atoms with Gasteiger partial charge in [-0.15, -0.1) is 0 Å². The number of nitriles is 1. The van der Waals surface area contributed by atoms with Crippen molar-refractivity contribution in [2.75, 3.05) is 6.61 Å². The number of nitro groups is 1. The Kier molecular flexibility index (Phi) is 4.20. The molecule has 0 unspecified atom stereocenters. The average molecular weight is 276 g/mol. The number of nitro benzene ring substituents is 1. The molecule has 0 bridgehead atoms. The van der Waals surface area contributed by atoms with E-state index in [0.29, 0.717) is 12.8 Å². The number of rotatable bonds is 4. The highest BCUT2D eigenvalue weighted by Gasteiger charge is 2.31. The number of ether oxygens (including phenoxy) is 1. The van der Waals surface area contributed by atoms with Crippen LogP contribution < -0.4 is 4.74 Å². The van der Waals surface area contributed by atoms with E-state index in [-0.39, 0.29) is 23.6 Å². The molecule has 1 aliphatic rings. The molecule has 2 rings (SSSR count). The van der Waals surface area contributed by atoms with Crippen molar-refractivity contribution in [3.8, 4) is 11.8 Å². The molecule has 1 N–H and O–H groups in total. The lowest BCUT2D eigenvalue weighted by molar-refractivity contribution is -0.386. The van der Waals surface area contributed by atoms with E-state index in [1.54, 1.807) is 0 Å². The highest BCUT2D eigenvalue weighted by molar-refractivity contribution is 5.51. The van der Waals surface area contributed by atoms with Gasteiger partial charge in [-0.2, -0.15) is 5.26 Å². The summed E-state index contributed by atoms with van der Waals surface area (Å²) < 4.78 is 5.44. The summed E-state index contributed by atoms with van der Waals surface area (Å²) in [7, 11) is 0. The van der Waals surface area contributed by atoms with Crippen molar-refractivity contribution >= 4 is 5.69 Å². The van der Waals surface area contributed by atoms with E-state index in [0.717, 1.165) is 19.3 Å². The minimum atomic E-state index is -0.903. The van der Waals surface area contributed by atoms with Crippen LogP contribution in [0.2, 0.25) is 0 Å². The van der Waals surface area contributed by atoms with Gasteiger partial charge in [-0.25, -0.2) is 0 Å². The Morgan fingerprint density at radius 1 is 1.40 bits per heavy atom. The van der Waals surface area contributed by atoms with Gasteiger partial charge >= 0.3 is 5.69 Å². The van der Waals surface area contributed by atoms with Crippen LogP contribution in [0.4, 0.5) is 5.69 Å². The van der Waals surface area contributed by atoms with Crippen molar-refractivity contribution in [3.63, 3.8) is 0 Å². The maximum atomic E-state index is 11.0. The van der Waals surface area contributed by atoms with Crippen LogP contribution >= 0.6 is 0 Å². The molecule has 0 amide bonds. The van der Waals surface area contributed by atoms with Crippen LogP contribution in [0.25, 0.3) is 0 Å². The maximum Gasteiger partial charge on any atom is 0.312 e. The summed E-state index contributed by atoms with van der Waals surface area (Å²) in [5, 5.41) is 30.0. The summed E-state index contributed by atoms with van der Waals surface area (Å²) in [5.41, 5.74) is -0.941. The first kappa shape index (κ1) is 14.3. The van der Waals surface area contributed by atoms with Crippen LogP contribution in [0, 0.1) is 21.4 Å². The molecule has 1 fully saturated rings. The van der Waals surface area contributed by atoms with Gasteiger partial charge in [0.1, 0.15) is 6.61 Å². The largest absolute Gasteiger partial charge is 0.484 e. The summed E-state index contributed by atoms with van der Waals surface area (Å²) in [5.74, 6) is 0.0907. The summed E-state index contributed by atoms with van der Waals surface area (Å²) in [6, 6.07) is 5.90. The minimum absolute atomic E-state index is 0.0414. The normalized spacial score (nSPS) is 17.2. The third-order valence-electron chi connectivity index (χ3n) is 3.57. The molecule has 1 aliphatic carbocycles. The van der Waals surface area contributed by atoms with E-state index < -0.39 is 10.5 Å². The lowest BCUT2D eigenvalue weighted by Gasteiger charge is -2.31. The third-order valence-corrected chi connectivity index (χ3v) is 3.57. The average Bonchev–Trinajstić information content (AvgIpc) is 2.45. The summed E-state index contributed by atoms with van der Waals surface area (Å²) in [4.78, 5) is 10.4. The Balaban J connectivity index is 2.13. The number of benzene rings is 1. The monoisotopic (exact) mass is 276 g/mol. The predicted molar refractivity (Wildman–Crippen MR) is 71.3 cm³/mol. The Morgan fingerprint density at radius 2 is 2.10 bits per heavy atom. The summed E-state index contributed by atoms with van der Waals surface area (Å²) >= 11 is 0. The van der Waals surface area contributed by atoms with Crippen LogP contribution in [0.5, 0.6) is 5.75 Å². The maximum absolute atomic E-state index is 11.0. The molecule has 1 aromatic rings. The van der Waals surface area contributed by atoms with Crippen molar-refractivity contribution in [1.82, 2.24) is 0 Å². The van der Waals surface area contributed by atoms with E-state index >= 15 is 0 Å². The zero-order chi connectivity index (χ0) is 14.6. The minimum Gasteiger partial charge on any atom is -0.484 e. The van der Waals surface area contributed by atoms with Crippen molar-refractivity contribution in [2.24, 2.45) is 0 Å². The predicted octanol–water partition coefficient (Wildman–Crippen LogP) is 2.54. The molecule has 106 valence electrons. The highest BCUT2D eigenvalue weighted by atomic mass is 16.6. The number of aliphatic hydroxyl groups is 1. The molecule has 6 nitrogen and oxygen atoms in total. The Bertz CT molecular complexity index is 545. The van der Waals surface area contributed by atoms with E-state index in [4.69, 9.17) is 10.00 Å². The standard InChI is InChI=1S/C14H16N2O4/c15-9-11-4-5-13(12(8-11)16(18)19)20-10-14(17)6-2-1-3-7-14/h4-5,8,17H,1-3,6-7,10H2. The van der Waals surface area contributed by atoms with Crippen LogP contribution in [0.3, 0.4) is 0 Å². The fourth-order valence-electron chi connectivity index (χ4n) is 2.42. The smallest absolute Gasteiger partial charge is 0.312 e. The molecular weight excluding hydrogens is 260 g/mol. The molecule has 0 radical (unpaired) electrons. The third kappa shape index (κ3) is 3.25. The van der Waals surface area contributed by atoms with Crippen molar-refractivity contribution in [1.29, 1.82) is 5.26 Å². The molecule has 1 aromatic carbocycles. The van der Waals surface area contributed by atoms with Crippen LogP contribution in [0.15, 0.2) is 18.2 Å². The zero-order valence-electron chi connectivity index (χ0n) is 11.0. The molecule has 0 spiro atoms. The second-order valence-corrected chi connectivity index (χ2v) is 5.13. The molecular formula is C14H16N2O4. The van der Waals surface area contributed by atoms with Gasteiger partial charge in [-0.05, 0) is 25.0 Å². The van der Waals surface area contributed by atoms with Gasteiger partial charge in [0.25, 0.3) is 0 Å². The molecule has 0 aromatic heterocycles. The van der Waals surface area contributed by atoms with Crippen LogP contribution in [0.1, 0.15) is 37.7 Å². The lowest BCUT2D eigenvalue weighted by atomic mass is 9.85.